The summed E-state index contributed by atoms with van der Waals surface area (Å²) >= 11 is 0. The molecule has 0 atom stereocenters. The van der Waals surface area contributed by atoms with Gasteiger partial charge in [-0.3, -0.25) is 4.99 Å². The molecule has 3 heteroatoms. The van der Waals surface area contributed by atoms with Crippen molar-refractivity contribution in [2.24, 2.45) is 4.99 Å². The summed E-state index contributed by atoms with van der Waals surface area (Å²) in [5.74, 6) is 0.933. The van der Waals surface area contributed by atoms with E-state index in [-0.39, 0.29) is 5.41 Å². The zero-order valence-electron chi connectivity index (χ0n) is 15.3. The fourth-order valence-electron chi connectivity index (χ4n) is 2.98. The monoisotopic (exact) mass is 315 g/mol. The van der Waals surface area contributed by atoms with E-state index in [2.05, 4.69) is 62.6 Å². The summed E-state index contributed by atoms with van der Waals surface area (Å²) in [6.45, 7) is 9.76. The fourth-order valence-corrected chi connectivity index (χ4v) is 2.98. The average Bonchev–Trinajstić information content (AvgIpc) is 2.53. The van der Waals surface area contributed by atoms with E-state index in [4.69, 9.17) is 4.99 Å². The van der Waals surface area contributed by atoms with E-state index >= 15 is 0 Å². The molecule has 128 valence electrons. The molecule has 2 rings (SSSR count). The zero-order chi connectivity index (χ0) is 16.7. The van der Waals surface area contributed by atoms with Crippen molar-refractivity contribution in [2.75, 3.05) is 11.9 Å². The highest BCUT2D eigenvalue weighted by atomic mass is 15.2. The normalized spacial score (nSPS) is 17.1. The molecule has 1 saturated carbocycles. The third kappa shape index (κ3) is 5.89. The Balaban J connectivity index is 2.01. The molecule has 1 aliphatic carbocycles. The summed E-state index contributed by atoms with van der Waals surface area (Å²) in [6.07, 6.45) is 7.63. The number of aliphatic imine (C=N–C) groups is 1. The lowest BCUT2D eigenvalue weighted by molar-refractivity contribution is 0.413. The van der Waals surface area contributed by atoms with Gasteiger partial charge in [-0.25, -0.2) is 0 Å². The molecular weight excluding hydrogens is 282 g/mol. The Bertz CT molecular complexity index is 491. The van der Waals surface area contributed by atoms with Crippen molar-refractivity contribution in [3.63, 3.8) is 0 Å². The van der Waals surface area contributed by atoms with Gasteiger partial charge in [0.1, 0.15) is 0 Å². The predicted molar refractivity (Wildman–Crippen MR) is 101 cm³/mol. The van der Waals surface area contributed by atoms with Gasteiger partial charge in [-0.05, 0) is 42.4 Å². The quantitative estimate of drug-likeness (QED) is 0.600. The van der Waals surface area contributed by atoms with Crippen LogP contribution in [0.1, 0.15) is 71.8 Å². The van der Waals surface area contributed by atoms with E-state index in [9.17, 15) is 0 Å². The van der Waals surface area contributed by atoms with Crippen LogP contribution in [0.25, 0.3) is 0 Å². The molecule has 0 heterocycles. The van der Waals surface area contributed by atoms with Crippen LogP contribution in [0.3, 0.4) is 0 Å². The maximum absolute atomic E-state index is 4.70. The number of guanidine groups is 1. The van der Waals surface area contributed by atoms with Gasteiger partial charge >= 0.3 is 0 Å². The lowest BCUT2D eigenvalue weighted by Crippen LogP contribution is -2.40. The van der Waals surface area contributed by atoms with E-state index in [1.54, 1.807) is 0 Å². The van der Waals surface area contributed by atoms with Crippen LogP contribution in [-0.4, -0.2) is 18.5 Å². The summed E-state index contributed by atoms with van der Waals surface area (Å²) in [7, 11) is 0. The van der Waals surface area contributed by atoms with Gasteiger partial charge in [0.05, 0.1) is 0 Å². The van der Waals surface area contributed by atoms with E-state index < -0.39 is 0 Å². The van der Waals surface area contributed by atoms with E-state index in [1.807, 2.05) is 0 Å². The Kier molecular flexibility index (Phi) is 6.49. The molecule has 0 amide bonds. The van der Waals surface area contributed by atoms with Gasteiger partial charge in [0.15, 0.2) is 5.96 Å². The first-order valence-corrected chi connectivity index (χ1v) is 9.17. The van der Waals surface area contributed by atoms with Crippen molar-refractivity contribution in [3.8, 4) is 0 Å². The highest BCUT2D eigenvalue weighted by Crippen LogP contribution is 2.23. The highest BCUT2D eigenvalue weighted by molar-refractivity contribution is 5.93. The molecule has 1 aliphatic rings. The molecule has 1 fully saturated rings. The lowest BCUT2D eigenvalue weighted by Gasteiger charge is -2.25. The van der Waals surface area contributed by atoms with Crippen molar-refractivity contribution < 1.29 is 0 Å². The number of anilines is 1. The highest BCUT2D eigenvalue weighted by Gasteiger charge is 2.16. The predicted octanol–water partition coefficient (Wildman–Crippen LogP) is 5.08. The van der Waals surface area contributed by atoms with Crippen LogP contribution in [0, 0.1) is 0 Å². The second-order valence-electron chi connectivity index (χ2n) is 7.66. The summed E-state index contributed by atoms with van der Waals surface area (Å²) < 4.78 is 0. The average molecular weight is 316 g/mol. The smallest absolute Gasteiger partial charge is 0.196 e. The van der Waals surface area contributed by atoms with Gasteiger partial charge in [0.2, 0.25) is 0 Å². The van der Waals surface area contributed by atoms with Crippen molar-refractivity contribution in [1.29, 1.82) is 0 Å². The largest absolute Gasteiger partial charge is 0.353 e. The molecular formula is C20H33N3. The fraction of sp³-hybridized carbons (Fsp3) is 0.650. The first-order valence-electron chi connectivity index (χ1n) is 9.17. The van der Waals surface area contributed by atoms with Crippen LogP contribution in [-0.2, 0) is 5.41 Å². The second kappa shape index (κ2) is 8.37. The number of nitrogens with zero attached hydrogens (tertiary/aromatic N) is 1. The number of benzene rings is 1. The van der Waals surface area contributed by atoms with Gasteiger partial charge in [0.25, 0.3) is 0 Å². The molecule has 3 nitrogen and oxygen atoms in total. The number of rotatable bonds is 4. The third-order valence-electron chi connectivity index (χ3n) is 4.45. The Morgan fingerprint density at radius 2 is 1.74 bits per heavy atom. The molecule has 0 radical (unpaired) electrons. The van der Waals surface area contributed by atoms with Gasteiger partial charge in [-0.2, -0.15) is 0 Å². The van der Waals surface area contributed by atoms with Crippen LogP contribution in [0.4, 0.5) is 5.69 Å². The van der Waals surface area contributed by atoms with Crippen molar-refractivity contribution in [3.05, 3.63) is 29.8 Å². The first kappa shape index (κ1) is 17.8. The summed E-state index contributed by atoms with van der Waals surface area (Å²) in [6, 6.07) is 9.30. The molecule has 0 aliphatic heterocycles. The minimum Gasteiger partial charge on any atom is -0.353 e. The molecule has 0 bridgehead atoms. The van der Waals surface area contributed by atoms with Crippen LogP contribution < -0.4 is 10.6 Å². The topological polar surface area (TPSA) is 36.4 Å². The molecule has 1 aromatic rings. The minimum absolute atomic E-state index is 0.192. The first-order chi connectivity index (χ1) is 11.0. The van der Waals surface area contributed by atoms with Crippen LogP contribution in [0.5, 0.6) is 0 Å². The standard InChI is InChI=1S/C20H33N3/c1-5-15-21-19(22-17-9-7-6-8-10-17)23-18-13-11-16(12-14-18)20(2,3)4/h11-14,17H,5-10,15H2,1-4H3,(H2,21,22,23). The Hall–Kier alpha value is -1.51. The van der Waals surface area contributed by atoms with E-state index in [0.29, 0.717) is 6.04 Å². The molecule has 0 unspecified atom stereocenters. The number of hydrogen-bond donors (Lipinski definition) is 2. The van der Waals surface area contributed by atoms with Crippen molar-refractivity contribution in [2.45, 2.75) is 77.7 Å². The molecule has 0 saturated heterocycles. The third-order valence-corrected chi connectivity index (χ3v) is 4.45. The molecule has 2 N–H and O–H groups in total. The Morgan fingerprint density at radius 3 is 2.30 bits per heavy atom. The number of hydrogen-bond acceptors (Lipinski definition) is 1. The maximum Gasteiger partial charge on any atom is 0.196 e. The van der Waals surface area contributed by atoms with Crippen molar-refractivity contribution >= 4 is 11.6 Å². The van der Waals surface area contributed by atoms with Gasteiger partial charge in [-0.15, -0.1) is 0 Å². The minimum atomic E-state index is 0.192. The molecule has 1 aromatic carbocycles. The number of nitrogens with one attached hydrogen (secondary N) is 2. The Morgan fingerprint density at radius 1 is 1.09 bits per heavy atom. The summed E-state index contributed by atoms with van der Waals surface area (Å²) in [4.78, 5) is 4.70. The lowest BCUT2D eigenvalue weighted by atomic mass is 9.87. The van der Waals surface area contributed by atoms with Crippen molar-refractivity contribution in [1.82, 2.24) is 5.32 Å². The molecule has 23 heavy (non-hydrogen) atoms. The van der Waals surface area contributed by atoms with Gasteiger partial charge in [0, 0.05) is 18.3 Å². The molecule has 0 aromatic heterocycles. The van der Waals surface area contributed by atoms with Gasteiger partial charge < -0.3 is 10.6 Å². The second-order valence-corrected chi connectivity index (χ2v) is 7.66. The SMILES string of the molecule is CCCN=C(Nc1ccc(C(C)(C)C)cc1)NC1CCCCC1. The van der Waals surface area contributed by atoms with Gasteiger partial charge in [-0.1, -0.05) is 59.1 Å². The zero-order valence-corrected chi connectivity index (χ0v) is 15.3. The van der Waals surface area contributed by atoms with E-state index in [0.717, 1.165) is 24.6 Å². The Labute approximate surface area is 142 Å². The van der Waals surface area contributed by atoms with Crippen LogP contribution in [0.2, 0.25) is 0 Å². The van der Waals surface area contributed by atoms with Crippen LogP contribution in [0.15, 0.2) is 29.3 Å². The van der Waals surface area contributed by atoms with Crippen LogP contribution >= 0.6 is 0 Å². The maximum atomic E-state index is 4.70. The molecule has 0 spiro atoms. The summed E-state index contributed by atoms with van der Waals surface area (Å²) in [5.41, 5.74) is 2.66. The van der Waals surface area contributed by atoms with E-state index in [1.165, 1.54) is 37.7 Å². The summed E-state index contributed by atoms with van der Waals surface area (Å²) in [5, 5.41) is 7.10.